The molecule has 0 aliphatic carbocycles. The fourth-order valence-corrected chi connectivity index (χ4v) is 4.33. The summed E-state index contributed by atoms with van der Waals surface area (Å²) in [6.45, 7) is 0.894. The largest absolute Gasteiger partial charge is 0.446 e. The van der Waals surface area contributed by atoms with E-state index in [0.717, 1.165) is 0 Å². The van der Waals surface area contributed by atoms with Crippen LogP contribution in [0.25, 0.3) is 6.08 Å². The highest BCUT2D eigenvalue weighted by atomic mass is 32.2. The molecule has 25 heavy (non-hydrogen) atoms. The molecule has 0 aromatic heterocycles. The number of nitrogens with zero attached hydrogens (tertiary/aromatic N) is 1. The molecule has 2 rings (SSSR count). The molecule has 1 aliphatic rings. The third kappa shape index (κ3) is 6.71. The monoisotopic (exact) mass is 394 g/mol. The smallest absolute Gasteiger partial charge is 0.351 e. The predicted molar refractivity (Wildman–Crippen MR) is 90.4 cm³/mol. The third-order valence-corrected chi connectivity index (χ3v) is 6.10. The lowest BCUT2D eigenvalue weighted by molar-refractivity contribution is -0.116. The minimum absolute atomic E-state index is 0.0703. The van der Waals surface area contributed by atoms with Crippen LogP contribution in [0.5, 0.6) is 0 Å². The second kappa shape index (κ2) is 8.24. The SMILES string of the molecule is O=C(C=Cc1ccc(SC(F)(F)F)cc1)NCCN1CCCS1(=O)=O. The number of thioether (sulfide) groups is 1. The van der Waals surface area contributed by atoms with Crippen LogP contribution in [-0.2, 0) is 14.8 Å². The van der Waals surface area contributed by atoms with E-state index in [1.165, 1.54) is 40.7 Å². The van der Waals surface area contributed by atoms with Crippen molar-refractivity contribution in [1.82, 2.24) is 9.62 Å². The van der Waals surface area contributed by atoms with Gasteiger partial charge in [-0.05, 0) is 42.0 Å². The first-order chi connectivity index (χ1) is 11.7. The summed E-state index contributed by atoms with van der Waals surface area (Å²) in [5.41, 5.74) is -3.75. The standard InChI is InChI=1S/C15H17F3N2O3S2/c16-15(17,18)24-13-5-2-12(3-6-13)4-7-14(21)19-8-10-20-9-1-11-25(20,22)23/h2-7H,1,8-11H2,(H,19,21). The van der Waals surface area contributed by atoms with Gasteiger partial charge in [0, 0.05) is 30.6 Å². The van der Waals surface area contributed by atoms with Crippen LogP contribution in [0, 0.1) is 0 Å². The average Bonchev–Trinajstić information content (AvgIpc) is 2.84. The Labute approximate surface area is 148 Å². The number of hydrogen-bond donors (Lipinski definition) is 1. The van der Waals surface area contributed by atoms with Gasteiger partial charge in [0.2, 0.25) is 15.9 Å². The third-order valence-electron chi connectivity index (χ3n) is 3.40. The van der Waals surface area contributed by atoms with E-state index in [1.54, 1.807) is 0 Å². The summed E-state index contributed by atoms with van der Waals surface area (Å²) < 4.78 is 61.2. The van der Waals surface area contributed by atoms with Crippen molar-refractivity contribution in [3.8, 4) is 0 Å². The zero-order valence-electron chi connectivity index (χ0n) is 13.1. The number of alkyl halides is 3. The average molecular weight is 394 g/mol. The van der Waals surface area contributed by atoms with Gasteiger partial charge in [-0.2, -0.15) is 13.2 Å². The molecule has 5 nitrogen and oxygen atoms in total. The van der Waals surface area contributed by atoms with Crippen molar-refractivity contribution in [2.75, 3.05) is 25.4 Å². The number of carbonyl (C=O) groups is 1. The molecule has 1 saturated heterocycles. The minimum Gasteiger partial charge on any atom is -0.351 e. The lowest BCUT2D eigenvalue weighted by atomic mass is 10.2. The molecule has 1 amide bonds. The van der Waals surface area contributed by atoms with E-state index in [9.17, 15) is 26.4 Å². The lowest BCUT2D eigenvalue weighted by Crippen LogP contribution is -2.35. The minimum atomic E-state index is -4.33. The summed E-state index contributed by atoms with van der Waals surface area (Å²) in [6.07, 6.45) is 3.33. The molecule has 0 saturated carbocycles. The van der Waals surface area contributed by atoms with Gasteiger partial charge in [-0.3, -0.25) is 4.79 Å². The van der Waals surface area contributed by atoms with Crippen LogP contribution in [0.15, 0.2) is 35.2 Å². The summed E-state index contributed by atoms with van der Waals surface area (Å²) in [6, 6.07) is 5.62. The molecule has 138 valence electrons. The Morgan fingerprint density at radius 2 is 1.96 bits per heavy atom. The van der Waals surface area contributed by atoms with Crippen molar-refractivity contribution in [2.24, 2.45) is 0 Å². The first-order valence-electron chi connectivity index (χ1n) is 7.45. The lowest BCUT2D eigenvalue weighted by Gasteiger charge is -2.13. The summed E-state index contributed by atoms with van der Waals surface area (Å²) >= 11 is -0.200. The van der Waals surface area contributed by atoms with Crippen molar-refractivity contribution in [3.05, 3.63) is 35.9 Å². The molecular formula is C15H17F3N2O3S2. The van der Waals surface area contributed by atoms with Crippen LogP contribution in [0.4, 0.5) is 13.2 Å². The number of amides is 1. The molecule has 1 N–H and O–H groups in total. The van der Waals surface area contributed by atoms with Gasteiger partial charge in [-0.1, -0.05) is 12.1 Å². The van der Waals surface area contributed by atoms with Crippen molar-refractivity contribution in [2.45, 2.75) is 16.8 Å². The number of carbonyl (C=O) groups excluding carboxylic acids is 1. The highest BCUT2D eigenvalue weighted by molar-refractivity contribution is 8.00. The fraction of sp³-hybridized carbons (Fsp3) is 0.400. The Kier molecular flexibility index (Phi) is 6.53. The van der Waals surface area contributed by atoms with Crippen molar-refractivity contribution < 1.29 is 26.4 Å². The first-order valence-corrected chi connectivity index (χ1v) is 9.88. The Balaban J connectivity index is 1.78. The van der Waals surface area contributed by atoms with Crippen molar-refractivity contribution in [1.29, 1.82) is 0 Å². The molecule has 1 aliphatic heterocycles. The maximum Gasteiger partial charge on any atom is 0.446 e. The second-order valence-corrected chi connectivity index (χ2v) is 8.54. The number of rotatable bonds is 6. The molecule has 1 aromatic carbocycles. The molecule has 0 spiro atoms. The second-order valence-electron chi connectivity index (χ2n) is 5.31. The topological polar surface area (TPSA) is 66.5 Å². The molecule has 10 heteroatoms. The van der Waals surface area contributed by atoms with Gasteiger partial charge in [-0.25, -0.2) is 12.7 Å². The molecule has 0 unspecified atom stereocenters. The molecule has 1 heterocycles. The quantitative estimate of drug-likeness (QED) is 0.595. The number of nitrogens with one attached hydrogen (secondary N) is 1. The number of benzene rings is 1. The van der Waals surface area contributed by atoms with E-state index in [4.69, 9.17) is 0 Å². The van der Waals surface area contributed by atoms with E-state index in [0.29, 0.717) is 18.5 Å². The van der Waals surface area contributed by atoms with E-state index in [-0.39, 0.29) is 35.5 Å². The predicted octanol–water partition coefficient (Wildman–Crippen LogP) is 2.46. The molecule has 1 aromatic rings. The van der Waals surface area contributed by atoms with Crippen LogP contribution in [0.3, 0.4) is 0 Å². The number of hydrogen-bond acceptors (Lipinski definition) is 4. The Hall–Kier alpha value is -1.52. The van der Waals surface area contributed by atoms with E-state index in [2.05, 4.69) is 5.32 Å². The zero-order valence-corrected chi connectivity index (χ0v) is 14.8. The van der Waals surface area contributed by atoms with Crippen molar-refractivity contribution >= 4 is 33.8 Å². The highest BCUT2D eigenvalue weighted by Gasteiger charge is 2.29. The maximum absolute atomic E-state index is 12.2. The van der Waals surface area contributed by atoms with Crippen molar-refractivity contribution in [3.63, 3.8) is 0 Å². The van der Waals surface area contributed by atoms with Gasteiger partial charge < -0.3 is 5.32 Å². The zero-order chi connectivity index (χ0) is 18.5. The molecule has 0 radical (unpaired) electrons. The summed E-state index contributed by atoms with van der Waals surface area (Å²) in [5, 5.41) is 2.58. The van der Waals surface area contributed by atoms with Gasteiger partial charge in [-0.15, -0.1) is 0 Å². The van der Waals surface area contributed by atoms with E-state index in [1.807, 2.05) is 0 Å². The fourth-order valence-electron chi connectivity index (χ4n) is 2.26. The van der Waals surface area contributed by atoms with Gasteiger partial charge in [0.25, 0.3) is 0 Å². The summed E-state index contributed by atoms with van der Waals surface area (Å²) in [5.74, 6) is -0.256. The van der Waals surface area contributed by atoms with Crippen LogP contribution >= 0.6 is 11.8 Å². The Bertz CT molecular complexity index is 731. The molecule has 0 bridgehead atoms. The van der Waals surface area contributed by atoms with Crippen LogP contribution in [0.2, 0.25) is 0 Å². The van der Waals surface area contributed by atoms with E-state index < -0.39 is 21.4 Å². The summed E-state index contributed by atoms with van der Waals surface area (Å²) in [4.78, 5) is 11.8. The summed E-state index contributed by atoms with van der Waals surface area (Å²) in [7, 11) is -3.18. The van der Waals surface area contributed by atoms with Gasteiger partial charge in [0.15, 0.2) is 0 Å². The molecule has 1 fully saturated rings. The van der Waals surface area contributed by atoms with E-state index >= 15 is 0 Å². The van der Waals surface area contributed by atoms with Gasteiger partial charge in [0.05, 0.1) is 5.75 Å². The van der Waals surface area contributed by atoms with Crippen LogP contribution < -0.4 is 5.32 Å². The van der Waals surface area contributed by atoms with Crippen LogP contribution in [0.1, 0.15) is 12.0 Å². The first kappa shape index (κ1) is 19.8. The number of sulfonamides is 1. The van der Waals surface area contributed by atoms with Crippen LogP contribution in [-0.4, -0.2) is 49.5 Å². The Morgan fingerprint density at radius 3 is 2.52 bits per heavy atom. The molecular weight excluding hydrogens is 377 g/mol. The van der Waals surface area contributed by atoms with Gasteiger partial charge in [0.1, 0.15) is 0 Å². The maximum atomic E-state index is 12.2. The Morgan fingerprint density at radius 1 is 1.28 bits per heavy atom. The highest BCUT2D eigenvalue weighted by Crippen LogP contribution is 2.36. The normalized spacial score (nSPS) is 17.9. The molecule has 0 atom stereocenters. The van der Waals surface area contributed by atoms with Gasteiger partial charge >= 0.3 is 5.51 Å². The number of halogens is 3.